The average molecular weight is 291 g/mol. The van der Waals surface area contributed by atoms with E-state index in [-0.39, 0.29) is 11.1 Å². The van der Waals surface area contributed by atoms with Gasteiger partial charge in [0, 0.05) is 19.3 Å². The summed E-state index contributed by atoms with van der Waals surface area (Å²) in [5.41, 5.74) is 0. The third kappa shape index (κ3) is 3.30. The van der Waals surface area contributed by atoms with E-state index in [2.05, 4.69) is 21.6 Å². The van der Waals surface area contributed by atoms with Gasteiger partial charge in [0.05, 0.1) is 0 Å². The summed E-state index contributed by atoms with van der Waals surface area (Å²) >= 11 is 5.68. The summed E-state index contributed by atoms with van der Waals surface area (Å²) < 4.78 is 27.9. The molecular weight excluding hydrogens is 276 g/mol. The van der Waals surface area contributed by atoms with Crippen molar-refractivity contribution in [1.29, 1.82) is 0 Å². The van der Waals surface area contributed by atoms with E-state index in [9.17, 15) is 8.42 Å². The second-order valence-corrected chi connectivity index (χ2v) is 6.45. The van der Waals surface area contributed by atoms with Crippen LogP contribution in [0.25, 0.3) is 0 Å². The van der Waals surface area contributed by atoms with E-state index < -0.39 is 10.2 Å². The molecule has 0 saturated carbocycles. The van der Waals surface area contributed by atoms with Crippen molar-refractivity contribution in [2.24, 2.45) is 5.92 Å². The highest BCUT2D eigenvalue weighted by molar-refractivity contribution is 7.90. The molecule has 0 atom stereocenters. The predicted molar refractivity (Wildman–Crippen MR) is 69.6 cm³/mol. The van der Waals surface area contributed by atoms with E-state index in [1.54, 1.807) is 0 Å². The summed E-state index contributed by atoms with van der Waals surface area (Å²) in [6.45, 7) is 3.17. The third-order valence-electron chi connectivity index (χ3n) is 2.92. The molecule has 1 N–H and O–H groups in total. The van der Waals surface area contributed by atoms with Crippen LogP contribution in [0.2, 0.25) is 5.15 Å². The lowest BCUT2D eigenvalue weighted by atomic mass is 10.0. The number of hydrogen-bond donors (Lipinski definition) is 1. The number of anilines is 1. The Morgan fingerprint density at radius 3 is 2.72 bits per heavy atom. The maximum atomic E-state index is 12.1. The van der Waals surface area contributed by atoms with Gasteiger partial charge in [0.25, 0.3) is 0 Å². The molecule has 1 aliphatic heterocycles. The fraction of sp³-hybridized carbons (Fsp3) is 0.600. The Kier molecular flexibility index (Phi) is 4.04. The standard InChI is InChI=1S/C10H15ClN4O2S/c1-8-3-6-15(7-4-8)18(16,17)14-10-12-5-2-9(11)13-10/h2,5,8H,3-4,6-7H2,1H3,(H,12,13,14). The van der Waals surface area contributed by atoms with Gasteiger partial charge in [-0.2, -0.15) is 12.7 Å². The first-order valence-corrected chi connectivity index (χ1v) is 7.55. The topological polar surface area (TPSA) is 75.2 Å². The van der Waals surface area contributed by atoms with Gasteiger partial charge in [-0.1, -0.05) is 18.5 Å². The minimum atomic E-state index is -3.58. The molecule has 1 aliphatic rings. The van der Waals surface area contributed by atoms with E-state index in [0.717, 1.165) is 12.8 Å². The van der Waals surface area contributed by atoms with Gasteiger partial charge in [-0.15, -0.1) is 0 Å². The van der Waals surface area contributed by atoms with Crippen LogP contribution in [0.1, 0.15) is 19.8 Å². The quantitative estimate of drug-likeness (QED) is 0.857. The van der Waals surface area contributed by atoms with Crippen LogP contribution in [0.4, 0.5) is 5.95 Å². The van der Waals surface area contributed by atoms with Crippen molar-refractivity contribution in [3.8, 4) is 0 Å². The molecular formula is C10H15ClN4O2S. The van der Waals surface area contributed by atoms with Crippen LogP contribution >= 0.6 is 11.6 Å². The van der Waals surface area contributed by atoms with Gasteiger partial charge in [-0.25, -0.2) is 14.7 Å². The van der Waals surface area contributed by atoms with Gasteiger partial charge < -0.3 is 0 Å². The molecule has 0 bridgehead atoms. The van der Waals surface area contributed by atoms with Crippen LogP contribution in [0, 0.1) is 5.92 Å². The number of rotatable bonds is 3. The minimum absolute atomic E-state index is 0.00104. The van der Waals surface area contributed by atoms with Crippen LogP contribution < -0.4 is 4.72 Å². The fourth-order valence-electron chi connectivity index (χ4n) is 1.79. The Hall–Kier alpha value is -0.920. The van der Waals surface area contributed by atoms with Crippen LogP contribution in [-0.4, -0.2) is 35.8 Å². The summed E-state index contributed by atoms with van der Waals surface area (Å²) in [4.78, 5) is 7.63. The van der Waals surface area contributed by atoms with Crippen LogP contribution in [-0.2, 0) is 10.2 Å². The van der Waals surface area contributed by atoms with E-state index in [1.165, 1.54) is 16.6 Å². The molecule has 1 aromatic heterocycles. The van der Waals surface area contributed by atoms with Crippen molar-refractivity contribution in [2.75, 3.05) is 17.8 Å². The average Bonchev–Trinajstić information content (AvgIpc) is 2.29. The molecule has 0 aromatic carbocycles. The maximum absolute atomic E-state index is 12.1. The normalized spacial score (nSPS) is 18.8. The smallest absolute Gasteiger partial charge is 0.238 e. The highest BCUT2D eigenvalue weighted by atomic mass is 35.5. The molecule has 18 heavy (non-hydrogen) atoms. The Morgan fingerprint density at radius 2 is 2.11 bits per heavy atom. The van der Waals surface area contributed by atoms with Gasteiger partial charge in [0.15, 0.2) is 0 Å². The SMILES string of the molecule is CC1CCN(S(=O)(=O)Nc2nccc(Cl)n2)CC1. The largest absolute Gasteiger partial charge is 0.303 e. The number of halogens is 1. The fourth-order valence-corrected chi connectivity index (χ4v) is 3.08. The molecule has 0 radical (unpaired) electrons. The molecule has 0 spiro atoms. The highest BCUT2D eigenvalue weighted by Crippen LogP contribution is 2.19. The van der Waals surface area contributed by atoms with Crippen molar-refractivity contribution < 1.29 is 8.42 Å². The number of piperidine rings is 1. The van der Waals surface area contributed by atoms with E-state index in [4.69, 9.17) is 11.6 Å². The summed E-state index contributed by atoms with van der Waals surface area (Å²) in [7, 11) is -3.58. The van der Waals surface area contributed by atoms with Crippen LogP contribution in [0.5, 0.6) is 0 Å². The van der Waals surface area contributed by atoms with Crippen molar-refractivity contribution in [1.82, 2.24) is 14.3 Å². The van der Waals surface area contributed by atoms with Crippen LogP contribution in [0.3, 0.4) is 0 Å². The molecule has 1 saturated heterocycles. The first-order chi connectivity index (χ1) is 8.47. The Morgan fingerprint density at radius 1 is 1.44 bits per heavy atom. The van der Waals surface area contributed by atoms with Crippen molar-refractivity contribution >= 4 is 27.8 Å². The zero-order valence-corrected chi connectivity index (χ0v) is 11.6. The van der Waals surface area contributed by atoms with Gasteiger partial charge in [-0.05, 0) is 24.8 Å². The number of nitrogens with one attached hydrogen (secondary N) is 1. The summed E-state index contributed by atoms with van der Waals surface area (Å²) in [5.74, 6) is 0.569. The Bertz CT molecular complexity index is 514. The molecule has 8 heteroatoms. The minimum Gasteiger partial charge on any atom is -0.238 e. The molecule has 0 aliphatic carbocycles. The summed E-state index contributed by atoms with van der Waals surface area (Å²) in [6, 6.07) is 1.49. The van der Waals surface area contributed by atoms with Crippen molar-refractivity contribution in [3.05, 3.63) is 17.4 Å². The second kappa shape index (κ2) is 5.38. The van der Waals surface area contributed by atoms with E-state index in [1.807, 2.05) is 0 Å². The predicted octanol–water partition coefficient (Wildman–Crippen LogP) is 1.52. The molecule has 2 rings (SSSR count). The molecule has 100 valence electrons. The summed E-state index contributed by atoms with van der Waals surface area (Å²) in [5, 5.41) is 0.204. The number of hydrogen-bond acceptors (Lipinski definition) is 4. The lowest BCUT2D eigenvalue weighted by molar-refractivity contribution is 0.289. The Labute approximate surface area is 112 Å². The molecule has 2 heterocycles. The first kappa shape index (κ1) is 13.5. The lowest BCUT2D eigenvalue weighted by Gasteiger charge is -2.29. The molecule has 1 aromatic rings. The van der Waals surface area contributed by atoms with E-state index in [0.29, 0.717) is 19.0 Å². The summed E-state index contributed by atoms with van der Waals surface area (Å²) in [6.07, 6.45) is 3.15. The molecule has 0 amide bonds. The maximum Gasteiger partial charge on any atom is 0.303 e. The van der Waals surface area contributed by atoms with Crippen molar-refractivity contribution in [2.45, 2.75) is 19.8 Å². The van der Waals surface area contributed by atoms with Crippen LogP contribution in [0.15, 0.2) is 12.3 Å². The van der Waals surface area contributed by atoms with Gasteiger partial charge >= 0.3 is 10.2 Å². The zero-order chi connectivity index (χ0) is 13.2. The first-order valence-electron chi connectivity index (χ1n) is 5.74. The van der Waals surface area contributed by atoms with E-state index >= 15 is 0 Å². The number of nitrogens with zero attached hydrogens (tertiary/aromatic N) is 3. The zero-order valence-electron chi connectivity index (χ0n) is 10.0. The number of aromatic nitrogens is 2. The third-order valence-corrected chi connectivity index (χ3v) is 4.62. The molecule has 6 nitrogen and oxygen atoms in total. The highest BCUT2D eigenvalue weighted by Gasteiger charge is 2.26. The van der Waals surface area contributed by atoms with Crippen molar-refractivity contribution in [3.63, 3.8) is 0 Å². The lowest BCUT2D eigenvalue weighted by Crippen LogP contribution is -2.41. The van der Waals surface area contributed by atoms with Gasteiger partial charge in [-0.3, -0.25) is 0 Å². The van der Waals surface area contributed by atoms with Gasteiger partial charge in [0.2, 0.25) is 5.95 Å². The molecule has 1 fully saturated rings. The van der Waals surface area contributed by atoms with Gasteiger partial charge in [0.1, 0.15) is 5.15 Å². The Balaban J connectivity index is 2.08. The monoisotopic (exact) mass is 290 g/mol. The molecule has 0 unspecified atom stereocenters. The second-order valence-electron chi connectivity index (χ2n) is 4.39.